The fraction of sp³-hybridized carbons (Fsp3) is 0.333. The number of halogens is 1. The van der Waals surface area contributed by atoms with Crippen LogP contribution < -0.4 is 10.6 Å². The molecule has 2 N–H and O–H groups in total. The molecular formula is C15H19ClN4O3S. The normalized spacial score (nSPS) is 10.0. The maximum atomic E-state index is 12.0. The van der Waals surface area contributed by atoms with E-state index in [1.54, 1.807) is 17.5 Å². The van der Waals surface area contributed by atoms with Gasteiger partial charge in [-0.05, 0) is 13.0 Å². The molecule has 2 rings (SSSR count). The van der Waals surface area contributed by atoms with E-state index in [1.165, 1.54) is 23.5 Å². The van der Waals surface area contributed by atoms with E-state index in [0.717, 1.165) is 13.0 Å². The van der Waals surface area contributed by atoms with Crippen molar-refractivity contribution in [3.63, 3.8) is 0 Å². The predicted molar refractivity (Wildman–Crippen MR) is 96.9 cm³/mol. The second kappa shape index (κ2) is 9.96. The van der Waals surface area contributed by atoms with Gasteiger partial charge in [0, 0.05) is 36.2 Å². The molecule has 0 spiro atoms. The van der Waals surface area contributed by atoms with Gasteiger partial charge in [-0.25, -0.2) is 4.98 Å². The molecular weight excluding hydrogens is 352 g/mol. The zero-order valence-corrected chi connectivity index (χ0v) is 14.8. The van der Waals surface area contributed by atoms with Gasteiger partial charge in [0.25, 0.3) is 11.6 Å². The summed E-state index contributed by atoms with van der Waals surface area (Å²) in [6.45, 7) is 4.24. The molecule has 7 nitrogen and oxygen atoms in total. The molecule has 1 aromatic heterocycles. The van der Waals surface area contributed by atoms with Crippen molar-refractivity contribution in [2.75, 3.05) is 19.6 Å². The number of aromatic nitrogens is 1. The molecule has 0 radical (unpaired) electrons. The van der Waals surface area contributed by atoms with Crippen LogP contribution in [-0.4, -0.2) is 35.4 Å². The van der Waals surface area contributed by atoms with E-state index >= 15 is 0 Å². The Labute approximate surface area is 150 Å². The fourth-order valence-corrected chi connectivity index (χ4v) is 2.72. The van der Waals surface area contributed by atoms with Gasteiger partial charge in [-0.2, -0.15) is 0 Å². The van der Waals surface area contributed by atoms with E-state index in [2.05, 4.69) is 22.5 Å². The smallest absolute Gasteiger partial charge is 0.270 e. The number of rotatable bonds is 8. The van der Waals surface area contributed by atoms with Crippen molar-refractivity contribution < 1.29 is 9.72 Å². The van der Waals surface area contributed by atoms with E-state index in [9.17, 15) is 14.9 Å². The summed E-state index contributed by atoms with van der Waals surface area (Å²) in [7, 11) is 0. The first-order valence-electron chi connectivity index (χ1n) is 7.31. The van der Waals surface area contributed by atoms with E-state index in [4.69, 9.17) is 0 Å². The van der Waals surface area contributed by atoms with Crippen LogP contribution in [0.3, 0.4) is 0 Å². The van der Waals surface area contributed by atoms with Crippen molar-refractivity contribution in [2.45, 2.75) is 13.3 Å². The summed E-state index contributed by atoms with van der Waals surface area (Å²) in [5.74, 6) is -0.240. The molecule has 0 fully saturated rings. The lowest BCUT2D eigenvalue weighted by atomic mass is 10.2. The highest BCUT2D eigenvalue weighted by Crippen LogP contribution is 2.26. The highest BCUT2D eigenvalue weighted by Gasteiger charge is 2.13. The molecule has 1 amide bonds. The standard InChI is InChI=1S/C15H18N4O3S.ClH/c1-2-6-16-7-8-17-14(20)13-10-23-15(18-13)11-4-3-5-12(9-11)19(21)22;/h3-5,9-10,16H,2,6-8H2,1H3,(H,17,20);1H. The molecule has 0 atom stereocenters. The minimum atomic E-state index is -0.450. The van der Waals surface area contributed by atoms with Crippen LogP contribution in [0, 0.1) is 10.1 Å². The van der Waals surface area contributed by atoms with Gasteiger partial charge in [0.1, 0.15) is 10.7 Å². The number of nitrogens with one attached hydrogen (secondary N) is 2. The summed E-state index contributed by atoms with van der Waals surface area (Å²) in [5.41, 5.74) is 0.963. The molecule has 0 aliphatic carbocycles. The molecule has 0 saturated heterocycles. The highest BCUT2D eigenvalue weighted by molar-refractivity contribution is 7.13. The van der Waals surface area contributed by atoms with Crippen molar-refractivity contribution in [2.24, 2.45) is 0 Å². The van der Waals surface area contributed by atoms with Crippen LogP contribution in [0.4, 0.5) is 5.69 Å². The van der Waals surface area contributed by atoms with Crippen molar-refractivity contribution >= 4 is 35.3 Å². The Morgan fingerprint density at radius 1 is 1.33 bits per heavy atom. The van der Waals surface area contributed by atoms with E-state index in [-0.39, 0.29) is 24.0 Å². The Morgan fingerprint density at radius 2 is 2.12 bits per heavy atom. The van der Waals surface area contributed by atoms with Crippen molar-refractivity contribution in [1.82, 2.24) is 15.6 Å². The number of hydrogen-bond acceptors (Lipinski definition) is 6. The number of carbonyl (C=O) groups excluding carboxylic acids is 1. The first-order chi connectivity index (χ1) is 11.1. The van der Waals surface area contributed by atoms with Gasteiger partial charge in [-0.1, -0.05) is 19.1 Å². The van der Waals surface area contributed by atoms with Crippen LogP contribution in [0.15, 0.2) is 29.6 Å². The van der Waals surface area contributed by atoms with Gasteiger partial charge in [0.2, 0.25) is 0 Å². The summed E-state index contributed by atoms with van der Waals surface area (Å²) in [4.78, 5) is 26.6. The number of thiazole rings is 1. The fourth-order valence-electron chi connectivity index (χ4n) is 1.92. The van der Waals surface area contributed by atoms with E-state index < -0.39 is 4.92 Å². The molecule has 1 aromatic carbocycles. The lowest BCUT2D eigenvalue weighted by Crippen LogP contribution is -2.32. The number of nitro groups is 1. The average Bonchev–Trinajstić information content (AvgIpc) is 3.04. The Morgan fingerprint density at radius 3 is 2.83 bits per heavy atom. The second-order valence-corrected chi connectivity index (χ2v) is 5.71. The van der Waals surface area contributed by atoms with E-state index in [1.807, 2.05) is 0 Å². The molecule has 0 unspecified atom stereocenters. The zero-order chi connectivity index (χ0) is 16.7. The van der Waals surface area contributed by atoms with Crippen LogP contribution >= 0.6 is 23.7 Å². The van der Waals surface area contributed by atoms with Gasteiger partial charge < -0.3 is 10.6 Å². The number of nitro benzene ring substituents is 1. The molecule has 0 aliphatic heterocycles. The topological polar surface area (TPSA) is 97.2 Å². The second-order valence-electron chi connectivity index (χ2n) is 4.85. The summed E-state index contributed by atoms with van der Waals surface area (Å²) in [6, 6.07) is 6.22. The predicted octanol–water partition coefficient (Wildman–Crippen LogP) is 2.87. The molecule has 2 aromatic rings. The van der Waals surface area contributed by atoms with Crippen LogP contribution in [0.5, 0.6) is 0 Å². The molecule has 0 aliphatic rings. The number of carbonyl (C=O) groups is 1. The summed E-state index contributed by atoms with van der Waals surface area (Å²) >= 11 is 1.29. The minimum Gasteiger partial charge on any atom is -0.349 e. The van der Waals surface area contributed by atoms with Gasteiger partial charge >= 0.3 is 0 Å². The Hall–Kier alpha value is -2.03. The van der Waals surface area contributed by atoms with Gasteiger partial charge in [0.15, 0.2) is 0 Å². The Bertz CT molecular complexity index is 693. The maximum Gasteiger partial charge on any atom is 0.270 e. The Balaban J connectivity index is 0.00000288. The monoisotopic (exact) mass is 370 g/mol. The highest BCUT2D eigenvalue weighted by atomic mass is 35.5. The maximum absolute atomic E-state index is 12.0. The zero-order valence-electron chi connectivity index (χ0n) is 13.2. The third-order valence-electron chi connectivity index (χ3n) is 3.05. The molecule has 1 heterocycles. The summed E-state index contributed by atoms with van der Waals surface area (Å²) in [5, 5.41) is 19.0. The van der Waals surface area contributed by atoms with E-state index in [0.29, 0.717) is 29.4 Å². The third-order valence-corrected chi connectivity index (χ3v) is 3.95. The lowest BCUT2D eigenvalue weighted by molar-refractivity contribution is -0.384. The van der Waals surface area contributed by atoms with Gasteiger partial charge in [-0.3, -0.25) is 14.9 Å². The largest absolute Gasteiger partial charge is 0.349 e. The van der Waals surface area contributed by atoms with Crippen molar-refractivity contribution in [1.29, 1.82) is 0 Å². The number of non-ortho nitro benzene ring substituents is 1. The summed E-state index contributed by atoms with van der Waals surface area (Å²) < 4.78 is 0. The summed E-state index contributed by atoms with van der Waals surface area (Å²) in [6.07, 6.45) is 1.05. The molecule has 9 heteroatoms. The lowest BCUT2D eigenvalue weighted by Gasteiger charge is -2.04. The minimum absolute atomic E-state index is 0. The number of amides is 1. The van der Waals surface area contributed by atoms with Crippen molar-refractivity contribution in [3.05, 3.63) is 45.5 Å². The third kappa shape index (κ3) is 5.55. The SMILES string of the molecule is CCCNCCNC(=O)c1csc(-c2cccc([N+](=O)[O-])c2)n1.Cl. The number of benzene rings is 1. The average molecular weight is 371 g/mol. The molecule has 130 valence electrons. The first-order valence-corrected chi connectivity index (χ1v) is 8.19. The quantitative estimate of drug-likeness (QED) is 0.423. The molecule has 0 bridgehead atoms. The Kier molecular flexibility index (Phi) is 8.31. The van der Waals surface area contributed by atoms with Gasteiger partial charge in [0.05, 0.1) is 4.92 Å². The first kappa shape index (κ1) is 20.0. The van der Waals surface area contributed by atoms with Crippen LogP contribution in [-0.2, 0) is 0 Å². The molecule has 24 heavy (non-hydrogen) atoms. The van der Waals surface area contributed by atoms with Crippen LogP contribution in [0.25, 0.3) is 10.6 Å². The van der Waals surface area contributed by atoms with Crippen LogP contribution in [0.1, 0.15) is 23.8 Å². The molecule has 0 saturated carbocycles. The number of hydrogen-bond donors (Lipinski definition) is 2. The van der Waals surface area contributed by atoms with Crippen molar-refractivity contribution in [3.8, 4) is 10.6 Å². The van der Waals surface area contributed by atoms with Crippen LogP contribution in [0.2, 0.25) is 0 Å². The number of nitrogens with zero attached hydrogens (tertiary/aromatic N) is 2. The van der Waals surface area contributed by atoms with Gasteiger partial charge in [-0.15, -0.1) is 23.7 Å².